The SMILES string of the molecule is CCCN(CCC)C(=O)C1=CC2=C(C=C(/C(C=NCC(=O)NCCOCCOCCOCCOCCOCCOCCOCCOCCOCCOCCNC(=O)CN3C(=O)C=CC3=O)=C/N)C(C)N2)N=C(N)C1. The number of dihydropyridines is 1. The molecule has 416 valence electrons. The number of nitrogens with one attached hydrogen (secondary N) is 3. The van der Waals surface area contributed by atoms with Gasteiger partial charge in [0, 0.05) is 74.4 Å². The van der Waals surface area contributed by atoms with E-state index in [1.54, 1.807) is 6.21 Å². The summed E-state index contributed by atoms with van der Waals surface area (Å²) in [4.78, 5) is 72.2. The van der Waals surface area contributed by atoms with Crippen molar-refractivity contribution in [3.8, 4) is 0 Å². The second-order valence-corrected chi connectivity index (χ2v) is 16.5. The number of hydrogen-bond acceptors (Lipinski definition) is 20. The lowest BCUT2D eigenvalue weighted by molar-refractivity contribution is -0.141. The molecule has 24 heteroatoms. The summed E-state index contributed by atoms with van der Waals surface area (Å²) >= 11 is 0. The van der Waals surface area contributed by atoms with Crippen molar-refractivity contribution in [2.24, 2.45) is 21.5 Å². The number of amides is 5. The summed E-state index contributed by atoms with van der Waals surface area (Å²) in [6.45, 7) is 15.8. The lowest BCUT2D eigenvalue weighted by Crippen LogP contribution is -2.41. The van der Waals surface area contributed by atoms with Gasteiger partial charge in [-0.05, 0) is 37.5 Å². The van der Waals surface area contributed by atoms with Crippen LogP contribution in [-0.4, -0.2) is 229 Å². The number of aliphatic imine (C=N–C) groups is 2. The van der Waals surface area contributed by atoms with Crippen LogP contribution in [0.2, 0.25) is 0 Å². The maximum absolute atomic E-state index is 13.4. The molecule has 24 nitrogen and oxygen atoms in total. The Kier molecular flexibility index (Phi) is 34.0. The largest absolute Gasteiger partial charge is 0.404 e. The summed E-state index contributed by atoms with van der Waals surface area (Å²) in [6, 6.07) is -0.182. The molecule has 3 rings (SSSR count). The maximum Gasteiger partial charge on any atom is 0.254 e. The van der Waals surface area contributed by atoms with Gasteiger partial charge >= 0.3 is 0 Å². The normalized spacial score (nSPS) is 15.8. The molecule has 3 aliphatic heterocycles. The molecule has 0 fully saturated rings. The van der Waals surface area contributed by atoms with Crippen molar-refractivity contribution >= 4 is 41.6 Å². The molecule has 0 radical (unpaired) electrons. The van der Waals surface area contributed by atoms with Crippen LogP contribution in [0.15, 0.2) is 68.6 Å². The topological polar surface area (TPSA) is 297 Å². The minimum Gasteiger partial charge on any atom is -0.404 e. The van der Waals surface area contributed by atoms with Gasteiger partial charge in [-0.25, -0.2) is 4.99 Å². The summed E-state index contributed by atoms with van der Waals surface area (Å²) in [6.07, 6.45) is 11.0. The Hall–Kier alpha value is -5.41. The lowest BCUT2D eigenvalue weighted by atomic mass is 9.95. The van der Waals surface area contributed by atoms with E-state index in [9.17, 15) is 24.0 Å². The van der Waals surface area contributed by atoms with E-state index in [4.69, 9.17) is 58.8 Å². The van der Waals surface area contributed by atoms with Gasteiger partial charge in [-0.2, -0.15) is 0 Å². The zero-order valence-corrected chi connectivity index (χ0v) is 43.6. The number of imide groups is 1. The van der Waals surface area contributed by atoms with Crippen molar-refractivity contribution in [1.82, 2.24) is 25.8 Å². The van der Waals surface area contributed by atoms with E-state index in [2.05, 4.69) is 39.8 Å². The Balaban J connectivity index is 1.03. The highest BCUT2D eigenvalue weighted by molar-refractivity contribution is 6.14. The third-order valence-corrected chi connectivity index (χ3v) is 10.6. The van der Waals surface area contributed by atoms with E-state index < -0.39 is 17.7 Å². The first-order valence-corrected chi connectivity index (χ1v) is 25.4. The fourth-order valence-corrected chi connectivity index (χ4v) is 6.98. The molecule has 5 amide bonds. The highest BCUT2D eigenvalue weighted by atomic mass is 16.6. The number of ether oxygens (including phenoxy) is 10. The average Bonchev–Trinajstić information content (AvgIpc) is 3.59. The van der Waals surface area contributed by atoms with Gasteiger partial charge < -0.3 is 79.7 Å². The van der Waals surface area contributed by atoms with Crippen LogP contribution >= 0.6 is 0 Å². The molecule has 1 unspecified atom stereocenters. The minimum absolute atomic E-state index is 0.0334. The van der Waals surface area contributed by atoms with Gasteiger partial charge in [-0.3, -0.25) is 33.9 Å². The van der Waals surface area contributed by atoms with Crippen molar-refractivity contribution in [2.75, 3.05) is 171 Å². The van der Waals surface area contributed by atoms with Crippen LogP contribution in [0.25, 0.3) is 0 Å². The van der Waals surface area contributed by atoms with Gasteiger partial charge in [0.05, 0.1) is 144 Å². The highest BCUT2D eigenvalue weighted by Gasteiger charge is 2.27. The maximum atomic E-state index is 13.4. The Labute approximate surface area is 435 Å². The molecule has 1 atom stereocenters. The minimum atomic E-state index is -0.499. The molecular formula is C50H81N9O15. The monoisotopic (exact) mass is 1050 g/mol. The second kappa shape index (κ2) is 40.0. The van der Waals surface area contributed by atoms with Crippen LogP contribution in [0.5, 0.6) is 0 Å². The molecule has 0 aromatic carbocycles. The summed E-state index contributed by atoms with van der Waals surface area (Å²) in [5.41, 5.74) is 15.6. The van der Waals surface area contributed by atoms with Crippen LogP contribution in [0.1, 0.15) is 40.0 Å². The van der Waals surface area contributed by atoms with Crippen molar-refractivity contribution in [2.45, 2.75) is 46.1 Å². The number of rotatable bonds is 44. The molecule has 3 heterocycles. The van der Waals surface area contributed by atoms with E-state index in [0.717, 1.165) is 35.5 Å². The molecule has 0 saturated heterocycles. The van der Waals surface area contributed by atoms with E-state index >= 15 is 0 Å². The number of allylic oxidation sites excluding steroid dienone is 2. The smallest absolute Gasteiger partial charge is 0.254 e. The third-order valence-electron chi connectivity index (χ3n) is 10.6. The standard InChI is InChI=1S/C50H81N9O15/c1-4-10-58(11-5-2)50(64)40-32-43-44(57-45(52)33-40)34-42(39(3)56-43)41(35-51)36-53-37-46(60)54-8-12-65-14-16-67-18-20-69-22-24-71-26-28-73-30-31-74-29-27-72-25-23-70-21-19-68-17-15-66-13-9-55-47(61)38-59-48(62)6-7-49(59)63/h6-7,32,34-36,39,56H,4-5,8-31,33,37-38,51H2,1-3H3,(H2,52,57)(H,54,60)(H,55,61)/b41-35+,53-36?. The number of amidine groups is 1. The van der Waals surface area contributed by atoms with Crippen molar-refractivity contribution < 1.29 is 71.3 Å². The summed E-state index contributed by atoms with van der Waals surface area (Å²) in [7, 11) is 0. The summed E-state index contributed by atoms with van der Waals surface area (Å²) in [5.74, 6) is -1.38. The Morgan fingerprint density at radius 3 is 1.53 bits per heavy atom. The molecule has 74 heavy (non-hydrogen) atoms. The van der Waals surface area contributed by atoms with Crippen LogP contribution in [0.3, 0.4) is 0 Å². The lowest BCUT2D eigenvalue weighted by Gasteiger charge is -2.26. The molecule has 0 aromatic heterocycles. The molecule has 0 spiro atoms. The Morgan fingerprint density at radius 1 is 0.689 bits per heavy atom. The fraction of sp³-hybridized carbons (Fsp3) is 0.660. The number of hydrogen-bond donors (Lipinski definition) is 5. The summed E-state index contributed by atoms with van der Waals surface area (Å²) in [5, 5.41) is 8.81. The zero-order valence-electron chi connectivity index (χ0n) is 43.6. The van der Waals surface area contributed by atoms with Gasteiger partial charge in [-0.1, -0.05) is 13.8 Å². The van der Waals surface area contributed by atoms with Gasteiger partial charge in [0.25, 0.3) is 11.8 Å². The number of nitrogens with two attached hydrogens (primary N) is 2. The van der Waals surface area contributed by atoms with E-state index in [1.165, 1.54) is 6.20 Å². The third kappa shape index (κ3) is 27.2. The molecule has 7 N–H and O–H groups in total. The molecule has 0 saturated carbocycles. The van der Waals surface area contributed by atoms with Gasteiger partial charge in [0.2, 0.25) is 17.7 Å². The van der Waals surface area contributed by atoms with Crippen molar-refractivity contribution in [3.05, 3.63) is 58.6 Å². The first-order valence-electron chi connectivity index (χ1n) is 25.4. The average molecular weight is 1050 g/mol. The fourth-order valence-electron chi connectivity index (χ4n) is 6.98. The quantitative estimate of drug-likeness (QED) is 0.0297. The predicted octanol–water partition coefficient (Wildman–Crippen LogP) is -0.311. The highest BCUT2D eigenvalue weighted by Crippen LogP contribution is 2.27. The molecular weight excluding hydrogens is 967 g/mol. The van der Waals surface area contributed by atoms with Crippen molar-refractivity contribution in [3.63, 3.8) is 0 Å². The predicted molar refractivity (Wildman–Crippen MR) is 275 cm³/mol. The van der Waals surface area contributed by atoms with Crippen LogP contribution in [-0.2, 0) is 71.3 Å². The van der Waals surface area contributed by atoms with E-state index in [-0.39, 0.29) is 50.5 Å². The van der Waals surface area contributed by atoms with Crippen LogP contribution in [0.4, 0.5) is 0 Å². The van der Waals surface area contributed by atoms with E-state index in [0.29, 0.717) is 174 Å². The summed E-state index contributed by atoms with van der Waals surface area (Å²) < 4.78 is 54.9. The van der Waals surface area contributed by atoms with Gasteiger partial charge in [0.15, 0.2) is 0 Å². The number of nitrogens with zero attached hydrogens (tertiary/aromatic N) is 4. The van der Waals surface area contributed by atoms with E-state index in [1.807, 2.05) is 24.0 Å². The molecule has 0 aliphatic carbocycles. The van der Waals surface area contributed by atoms with Gasteiger partial charge in [0.1, 0.15) is 18.9 Å². The second-order valence-electron chi connectivity index (χ2n) is 16.5. The molecule has 0 aromatic rings. The molecule has 3 aliphatic rings. The number of carbonyl (C=O) groups excluding carboxylic acids is 5. The number of carbonyl (C=O) groups is 5. The Morgan fingerprint density at radius 2 is 1.11 bits per heavy atom. The van der Waals surface area contributed by atoms with Crippen LogP contribution < -0.4 is 27.4 Å². The molecule has 0 bridgehead atoms. The van der Waals surface area contributed by atoms with Gasteiger partial charge in [-0.15, -0.1) is 0 Å². The zero-order chi connectivity index (χ0) is 53.4. The first-order chi connectivity index (χ1) is 36.1. The van der Waals surface area contributed by atoms with Crippen LogP contribution in [0, 0.1) is 0 Å². The Bertz CT molecular complexity index is 1900. The van der Waals surface area contributed by atoms with Crippen molar-refractivity contribution in [1.29, 1.82) is 0 Å². The first kappa shape index (κ1) is 62.9.